The highest BCUT2D eigenvalue weighted by Gasteiger charge is 2.26. The van der Waals surface area contributed by atoms with E-state index in [4.69, 9.17) is 17.3 Å². The van der Waals surface area contributed by atoms with Gasteiger partial charge < -0.3 is 11.1 Å². The van der Waals surface area contributed by atoms with Crippen molar-refractivity contribution >= 4 is 40.9 Å². The lowest BCUT2D eigenvalue weighted by Crippen LogP contribution is -2.08. The van der Waals surface area contributed by atoms with Gasteiger partial charge in [-0.2, -0.15) is 28.1 Å². The first-order valence-electron chi connectivity index (χ1n) is 6.06. The van der Waals surface area contributed by atoms with Crippen LogP contribution in [0.3, 0.4) is 0 Å². The van der Waals surface area contributed by atoms with Crippen molar-refractivity contribution < 1.29 is 13.2 Å². The lowest BCUT2D eigenvalue weighted by Gasteiger charge is -2.11. The molecule has 5 nitrogen and oxygen atoms in total. The summed E-state index contributed by atoms with van der Waals surface area (Å²) in [4.78, 5) is 12.0. The molecule has 1 aromatic carbocycles. The van der Waals surface area contributed by atoms with Gasteiger partial charge in [-0.15, -0.1) is 11.8 Å². The Bertz CT molecular complexity index is 633. The maximum absolute atomic E-state index is 12.2. The van der Waals surface area contributed by atoms with Crippen molar-refractivity contribution in [3.8, 4) is 0 Å². The smallest absolute Gasteiger partial charge is 0.368 e. The lowest BCUT2D eigenvalue weighted by molar-refractivity contribution is -0.129. The molecule has 0 spiro atoms. The predicted molar refractivity (Wildman–Crippen MR) is 80.4 cm³/mol. The number of aromatic nitrogens is 3. The van der Waals surface area contributed by atoms with Crippen LogP contribution >= 0.6 is 23.4 Å². The Balaban J connectivity index is 2.11. The number of anilines is 3. The van der Waals surface area contributed by atoms with Gasteiger partial charge in [0, 0.05) is 10.6 Å². The van der Waals surface area contributed by atoms with Crippen LogP contribution in [0.15, 0.2) is 29.2 Å². The summed E-state index contributed by atoms with van der Waals surface area (Å²) in [6, 6.07) is 6.87. The average Bonchev–Trinajstić information content (AvgIpc) is 2.38. The summed E-state index contributed by atoms with van der Waals surface area (Å²) < 4.78 is 36.6. The van der Waals surface area contributed by atoms with E-state index in [1.165, 1.54) is 0 Å². The monoisotopic (exact) mass is 349 g/mol. The number of halogens is 4. The molecule has 0 amide bonds. The molecule has 0 saturated carbocycles. The molecule has 0 aliphatic carbocycles. The summed E-state index contributed by atoms with van der Waals surface area (Å²) in [5.41, 5.74) is 6.03. The van der Waals surface area contributed by atoms with E-state index in [0.29, 0.717) is 10.6 Å². The van der Waals surface area contributed by atoms with Gasteiger partial charge in [0.05, 0.1) is 12.1 Å². The molecule has 0 fully saturated rings. The van der Waals surface area contributed by atoms with Crippen LogP contribution in [-0.2, 0) is 0 Å². The minimum absolute atomic E-state index is 0.0512. The molecule has 2 aromatic rings. The number of nitrogens with two attached hydrogens (primary N) is 1. The maximum Gasteiger partial charge on any atom is 0.389 e. The summed E-state index contributed by atoms with van der Waals surface area (Å²) in [5.74, 6) is -0.00599. The Morgan fingerprint density at radius 3 is 2.59 bits per heavy atom. The number of nitrogens with zero attached hydrogens (tertiary/aromatic N) is 3. The molecule has 118 valence electrons. The van der Waals surface area contributed by atoms with Crippen molar-refractivity contribution in [2.75, 3.05) is 16.8 Å². The van der Waals surface area contributed by atoms with E-state index in [1.54, 1.807) is 24.3 Å². The Morgan fingerprint density at radius 2 is 1.91 bits per heavy atom. The largest absolute Gasteiger partial charge is 0.389 e. The standard InChI is InChI=1S/C12H11ClF3N5S/c13-9-19-10(17)21-11(20-9)18-7-3-1-2-4-8(7)22-6-5-12(14,15)16/h1-4H,5-6H2,(H3,17,18,19,20,21). The zero-order valence-corrected chi connectivity index (χ0v) is 12.6. The van der Waals surface area contributed by atoms with Gasteiger partial charge in [-0.1, -0.05) is 12.1 Å². The summed E-state index contributed by atoms with van der Waals surface area (Å²) in [7, 11) is 0. The first-order valence-corrected chi connectivity index (χ1v) is 7.42. The number of thioether (sulfide) groups is 1. The molecule has 0 bridgehead atoms. The second-order valence-electron chi connectivity index (χ2n) is 4.12. The third kappa shape index (κ3) is 5.23. The molecular weight excluding hydrogens is 339 g/mol. The number of para-hydroxylation sites is 1. The summed E-state index contributed by atoms with van der Waals surface area (Å²) >= 11 is 6.76. The zero-order chi connectivity index (χ0) is 16.2. The van der Waals surface area contributed by atoms with Crippen LogP contribution in [0.2, 0.25) is 5.28 Å². The third-order valence-electron chi connectivity index (χ3n) is 2.40. The van der Waals surface area contributed by atoms with Gasteiger partial charge in [0.15, 0.2) is 0 Å². The summed E-state index contributed by atoms with van der Waals surface area (Å²) in [6.07, 6.45) is -5.04. The molecule has 0 atom stereocenters. The fraction of sp³-hybridized carbons (Fsp3) is 0.250. The molecule has 0 radical (unpaired) electrons. The van der Waals surface area contributed by atoms with Gasteiger partial charge in [0.25, 0.3) is 0 Å². The van der Waals surface area contributed by atoms with E-state index >= 15 is 0 Å². The van der Waals surface area contributed by atoms with E-state index in [-0.39, 0.29) is 22.9 Å². The molecular formula is C12H11ClF3N5S. The molecule has 0 unspecified atom stereocenters. The SMILES string of the molecule is Nc1nc(Cl)nc(Nc2ccccc2SCCC(F)(F)F)n1. The number of nitrogen functional groups attached to an aromatic ring is 1. The molecule has 0 saturated heterocycles. The predicted octanol–water partition coefficient (Wildman–Crippen LogP) is 3.90. The Labute approximate surface area is 133 Å². The normalized spacial score (nSPS) is 11.5. The van der Waals surface area contributed by atoms with E-state index in [0.717, 1.165) is 11.8 Å². The van der Waals surface area contributed by atoms with Crippen LogP contribution < -0.4 is 11.1 Å². The topological polar surface area (TPSA) is 76.7 Å². The Kier molecular flexibility index (Phi) is 5.30. The molecule has 1 heterocycles. The molecule has 3 N–H and O–H groups in total. The van der Waals surface area contributed by atoms with Gasteiger partial charge in [-0.05, 0) is 23.7 Å². The number of hydrogen-bond acceptors (Lipinski definition) is 6. The summed E-state index contributed by atoms with van der Waals surface area (Å²) in [5, 5.41) is 2.80. The second-order valence-corrected chi connectivity index (χ2v) is 5.60. The van der Waals surface area contributed by atoms with Crippen LogP contribution in [0.4, 0.5) is 30.8 Å². The van der Waals surface area contributed by atoms with Crippen molar-refractivity contribution in [1.82, 2.24) is 15.0 Å². The van der Waals surface area contributed by atoms with Crippen LogP contribution in [0.5, 0.6) is 0 Å². The van der Waals surface area contributed by atoms with Gasteiger partial charge in [0.1, 0.15) is 0 Å². The number of nitrogens with one attached hydrogen (secondary N) is 1. The van der Waals surface area contributed by atoms with Crippen molar-refractivity contribution in [1.29, 1.82) is 0 Å². The van der Waals surface area contributed by atoms with Gasteiger partial charge in [-0.25, -0.2) is 0 Å². The molecule has 10 heteroatoms. The first kappa shape index (κ1) is 16.6. The van der Waals surface area contributed by atoms with Crippen LogP contribution in [0, 0.1) is 0 Å². The van der Waals surface area contributed by atoms with E-state index < -0.39 is 12.6 Å². The summed E-state index contributed by atoms with van der Waals surface area (Å²) in [6.45, 7) is 0. The van der Waals surface area contributed by atoms with Crippen molar-refractivity contribution in [3.63, 3.8) is 0 Å². The highest BCUT2D eigenvalue weighted by atomic mass is 35.5. The molecule has 1 aromatic heterocycles. The van der Waals surface area contributed by atoms with Crippen molar-refractivity contribution in [2.24, 2.45) is 0 Å². The first-order chi connectivity index (χ1) is 10.3. The minimum Gasteiger partial charge on any atom is -0.368 e. The highest BCUT2D eigenvalue weighted by molar-refractivity contribution is 7.99. The third-order valence-corrected chi connectivity index (χ3v) is 3.65. The molecule has 2 rings (SSSR count). The van der Waals surface area contributed by atoms with Crippen molar-refractivity contribution in [3.05, 3.63) is 29.5 Å². The van der Waals surface area contributed by atoms with Crippen molar-refractivity contribution in [2.45, 2.75) is 17.5 Å². The van der Waals surface area contributed by atoms with Gasteiger partial charge in [-0.3, -0.25) is 0 Å². The fourth-order valence-electron chi connectivity index (χ4n) is 1.51. The molecule has 0 aliphatic heterocycles. The van der Waals surface area contributed by atoms with Crippen LogP contribution in [-0.4, -0.2) is 26.9 Å². The van der Waals surface area contributed by atoms with E-state index in [9.17, 15) is 13.2 Å². The Morgan fingerprint density at radius 1 is 1.18 bits per heavy atom. The van der Waals surface area contributed by atoms with E-state index in [1.807, 2.05) is 0 Å². The quantitative estimate of drug-likeness (QED) is 0.797. The number of hydrogen-bond donors (Lipinski definition) is 2. The zero-order valence-electron chi connectivity index (χ0n) is 11.1. The van der Waals surface area contributed by atoms with Gasteiger partial charge >= 0.3 is 6.18 Å². The number of benzene rings is 1. The highest BCUT2D eigenvalue weighted by Crippen LogP contribution is 2.31. The van der Waals surface area contributed by atoms with Crippen LogP contribution in [0.1, 0.15) is 6.42 Å². The Hall–Kier alpha value is -1.74. The van der Waals surface area contributed by atoms with E-state index in [2.05, 4.69) is 20.3 Å². The maximum atomic E-state index is 12.2. The van der Waals surface area contributed by atoms with Gasteiger partial charge in [0.2, 0.25) is 17.2 Å². The molecule has 22 heavy (non-hydrogen) atoms. The van der Waals surface area contributed by atoms with Crippen LogP contribution in [0.25, 0.3) is 0 Å². The average molecular weight is 350 g/mol. The number of rotatable bonds is 5. The minimum atomic E-state index is -4.18. The number of alkyl halides is 3. The lowest BCUT2D eigenvalue weighted by atomic mass is 10.3. The molecule has 0 aliphatic rings. The second kappa shape index (κ2) is 7.01. The fourth-order valence-corrected chi connectivity index (χ4v) is 2.68.